The van der Waals surface area contributed by atoms with E-state index in [4.69, 9.17) is 9.47 Å². The number of alkyl halides is 1. The lowest BCUT2D eigenvalue weighted by atomic mass is 9.70. The van der Waals surface area contributed by atoms with Crippen molar-refractivity contribution in [1.29, 1.82) is 0 Å². The van der Waals surface area contributed by atoms with Crippen LogP contribution in [0.5, 0.6) is 0 Å². The number of nitrogens with one attached hydrogen (secondary N) is 1. The number of rotatable bonds is 17. The molecular weight excluding hydrogens is 702 g/mol. The van der Waals surface area contributed by atoms with Crippen molar-refractivity contribution in [3.8, 4) is 0 Å². The van der Waals surface area contributed by atoms with Gasteiger partial charge in [-0.25, -0.2) is 0 Å². The third-order valence-corrected chi connectivity index (χ3v) is 11.0. The van der Waals surface area contributed by atoms with E-state index in [0.717, 1.165) is 12.8 Å². The first-order chi connectivity index (χ1) is 24.1. The van der Waals surface area contributed by atoms with Gasteiger partial charge < -0.3 is 29.7 Å². The number of esters is 1. The number of halogens is 1. The lowest BCUT2D eigenvalue weighted by Crippen LogP contribution is -2.57. The average Bonchev–Trinajstić information content (AvgIpc) is 3.72. The van der Waals surface area contributed by atoms with E-state index in [1.54, 1.807) is 24.0 Å². The summed E-state index contributed by atoms with van der Waals surface area (Å²) in [6, 6.07) is 15.7. The van der Waals surface area contributed by atoms with Crippen molar-refractivity contribution in [3.63, 3.8) is 0 Å². The molecule has 9 atom stereocenters. The van der Waals surface area contributed by atoms with E-state index in [-0.39, 0.29) is 29.6 Å². The molecule has 0 saturated carbocycles. The Hall–Kier alpha value is -3.80. The van der Waals surface area contributed by atoms with Crippen LogP contribution in [0.4, 0.5) is 0 Å². The highest BCUT2D eigenvalue weighted by Gasteiger charge is 2.77. The maximum absolute atomic E-state index is 14.9. The number of aliphatic hydroxyl groups excluding tert-OH is 1. The Morgan fingerprint density at radius 2 is 1.78 bits per heavy atom. The Morgan fingerprint density at radius 1 is 1.12 bits per heavy atom. The van der Waals surface area contributed by atoms with Crippen molar-refractivity contribution in [1.82, 2.24) is 15.1 Å². The number of nitrogens with zero attached hydrogens (tertiary/aromatic N) is 2. The van der Waals surface area contributed by atoms with E-state index in [2.05, 4.69) is 34.4 Å². The molecule has 0 radical (unpaired) electrons. The minimum Gasteiger partial charge on any atom is -0.455 e. The van der Waals surface area contributed by atoms with E-state index in [1.165, 1.54) is 4.90 Å². The van der Waals surface area contributed by atoms with Gasteiger partial charge in [0.15, 0.2) is 0 Å². The Balaban J connectivity index is 1.54. The largest absolute Gasteiger partial charge is 0.455 e. The molecule has 0 aliphatic carbocycles. The lowest BCUT2D eigenvalue weighted by Gasteiger charge is -2.39. The molecule has 3 amide bonds. The summed E-state index contributed by atoms with van der Waals surface area (Å²) in [5.41, 5.74) is -0.00735. The summed E-state index contributed by atoms with van der Waals surface area (Å²) in [4.78, 5) is 59.6. The maximum Gasteiger partial charge on any atom is 0.313 e. The number of hydrogen-bond donors (Lipinski definition) is 2. The highest BCUT2D eigenvalue weighted by molar-refractivity contribution is 9.09. The van der Waals surface area contributed by atoms with Gasteiger partial charge in [0.05, 0.1) is 36.6 Å². The minimum atomic E-state index is -1.35. The van der Waals surface area contributed by atoms with Gasteiger partial charge in [0.1, 0.15) is 17.7 Å². The maximum atomic E-state index is 14.9. The van der Waals surface area contributed by atoms with Crippen LogP contribution < -0.4 is 5.32 Å². The van der Waals surface area contributed by atoms with Gasteiger partial charge in [-0.3, -0.25) is 19.2 Å². The van der Waals surface area contributed by atoms with Gasteiger partial charge in [-0.05, 0) is 37.3 Å². The molecule has 1 spiro atoms. The van der Waals surface area contributed by atoms with Gasteiger partial charge in [-0.1, -0.05) is 102 Å². The predicted molar refractivity (Wildman–Crippen MR) is 193 cm³/mol. The van der Waals surface area contributed by atoms with E-state index in [0.29, 0.717) is 30.5 Å². The Labute approximate surface area is 303 Å². The SMILES string of the molecule is C=CCCC(=O)N[C@H](C)[C@@H](OC(=O)[C@H]1[C@@H]2O[C@@]3(CC2Br)[C@@H]1C(=O)N([C@H](CO)c1ccccc1)[C@@H]3C(=O)N(CC=C)CCCC)c1ccccc1. The summed E-state index contributed by atoms with van der Waals surface area (Å²) in [6.07, 6.45) is 4.39. The molecule has 3 aliphatic rings. The molecule has 3 heterocycles. The zero-order valence-corrected chi connectivity index (χ0v) is 30.4. The number of carbonyl (C=O) groups is 4. The fourth-order valence-corrected chi connectivity index (χ4v) is 8.83. The second-order valence-corrected chi connectivity index (χ2v) is 14.6. The van der Waals surface area contributed by atoms with Gasteiger partial charge >= 0.3 is 5.97 Å². The average molecular weight is 751 g/mol. The van der Waals surface area contributed by atoms with Gasteiger partial charge in [0, 0.05) is 24.3 Å². The number of benzene rings is 2. The van der Waals surface area contributed by atoms with Crippen molar-refractivity contribution in [2.75, 3.05) is 19.7 Å². The molecule has 50 heavy (non-hydrogen) atoms. The minimum absolute atomic E-state index is 0.205. The van der Waals surface area contributed by atoms with Crippen LogP contribution in [-0.4, -0.2) is 86.9 Å². The second-order valence-electron chi connectivity index (χ2n) is 13.4. The Bertz CT molecular complexity index is 1540. The third kappa shape index (κ3) is 7.18. The molecule has 10 nitrogen and oxygen atoms in total. The lowest BCUT2D eigenvalue weighted by molar-refractivity contribution is -0.162. The van der Waals surface area contributed by atoms with Crippen LogP contribution in [-0.2, 0) is 28.7 Å². The third-order valence-electron chi connectivity index (χ3n) is 10.2. The number of ether oxygens (including phenoxy) is 2. The first kappa shape index (κ1) is 37.5. The highest BCUT2D eigenvalue weighted by Crippen LogP contribution is 2.61. The number of aliphatic hydroxyl groups is 1. The zero-order chi connectivity index (χ0) is 36.0. The van der Waals surface area contributed by atoms with Crippen molar-refractivity contribution in [3.05, 3.63) is 97.1 Å². The fourth-order valence-electron chi connectivity index (χ4n) is 7.89. The molecule has 2 aromatic rings. The molecule has 0 aromatic heterocycles. The van der Waals surface area contributed by atoms with Crippen LogP contribution in [0.25, 0.3) is 0 Å². The van der Waals surface area contributed by atoms with E-state index in [9.17, 15) is 24.3 Å². The van der Waals surface area contributed by atoms with Crippen LogP contribution in [0.2, 0.25) is 0 Å². The summed E-state index contributed by atoms with van der Waals surface area (Å²) >= 11 is 3.74. The van der Waals surface area contributed by atoms with E-state index >= 15 is 0 Å². The van der Waals surface area contributed by atoms with Gasteiger partial charge in [-0.2, -0.15) is 0 Å². The molecule has 3 fully saturated rings. The van der Waals surface area contributed by atoms with Crippen molar-refractivity contribution in [2.24, 2.45) is 11.8 Å². The van der Waals surface area contributed by atoms with Gasteiger partial charge in [0.2, 0.25) is 17.7 Å². The highest BCUT2D eigenvalue weighted by atomic mass is 79.9. The van der Waals surface area contributed by atoms with Crippen LogP contribution in [0.1, 0.15) is 69.2 Å². The van der Waals surface area contributed by atoms with Crippen molar-refractivity contribution >= 4 is 39.6 Å². The number of fused-ring (bicyclic) bond motifs is 1. The smallest absolute Gasteiger partial charge is 0.313 e. The van der Waals surface area contributed by atoms with Crippen molar-refractivity contribution in [2.45, 2.75) is 86.7 Å². The molecule has 2 bridgehead atoms. The molecule has 268 valence electrons. The summed E-state index contributed by atoms with van der Waals surface area (Å²) in [7, 11) is 0. The van der Waals surface area contributed by atoms with Crippen LogP contribution in [0, 0.1) is 11.8 Å². The molecule has 5 rings (SSSR count). The monoisotopic (exact) mass is 749 g/mol. The molecule has 11 heteroatoms. The first-order valence-corrected chi connectivity index (χ1v) is 18.4. The van der Waals surface area contributed by atoms with Gasteiger partial charge in [0.25, 0.3) is 0 Å². The zero-order valence-electron chi connectivity index (χ0n) is 28.8. The van der Waals surface area contributed by atoms with Crippen LogP contribution in [0.3, 0.4) is 0 Å². The molecule has 3 saturated heterocycles. The van der Waals surface area contributed by atoms with Crippen LogP contribution in [0.15, 0.2) is 86.0 Å². The fraction of sp³-hybridized carbons (Fsp3) is 0.487. The summed E-state index contributed by atoms with van der Waals surface area (Å²) in [5.74, 6) is -3.69. The molecule has 1 unspecified atom stereocenters. The van der Waals surface area contributed by atoms with E-state index < -0.39 is 66.3 Å². The number of hydrogen-bond acceptors (Lipinski definition) is 7. The normalized spacial score (nSPS) is 26.8. The molecule has 2 N–H and O–H groups in total. The van der Waals surface area contributed by atoms with Crippen molar-refractivity contribution < 1.29 is 33.8 Å². The topological polar surface area (TPSA) is 125 Å². The molecule has 3 aliphatic heterocycles. The van der Waals surface area contributed by atoms with Gasteiger partial charge in [-0.15, -0.1) is 13.2 Å². The summed E-state index contributed by atoms with van der Waals surface area (Å²) < 4.78 is 13.0. The first-order valence-electron chi connectivity index (χ1n) is 17.5. The number of allylic oxidation sites excluding steroid dienone is 1. The number of carbonyl (C=O) groups excluding carboxylic acids is 4. The van der Waals surface area contributed by atoms with E-state index in [1.807, 2.05) is 67.6 Å². The Morgan fingerprint density at radius 3 is 2.38 bits per heavy atom. The number of likely N-dealkylation sites (tertiary alicyclic amines) is 1. The quantitative estimate of drug-likeness (QED) is 0.132. The summed E-state index contributed by atoms with van der Waals surface area (Å²) in [6.45, 7) is 11.7. The Kier molecular flexibility index (Phi) is 12.3. The number of amides is 3. The standard InChI is InChI=1S/C39H48BrN3O7/c1-5-8-20-30(45)41-25(4)33(27-18-14-11-15-19-27)49-38(48)31-32-36(46)43(29(24-44)26-16-12-10-13-17-26)35(39(32)23-28(40)34(31)50-39)37(47)42(21-7-3)22-9-6-2/h5,7,10-19,25,28-29,31-35,44H,1,3,6,8-9,20-24H2,2,4H3,(H,41,45)/t25-,28?,29-,31-,32+,33-,34-,35-,39+/m1/s1. The number of unbranched alkanes of at least 4 members (excludes halogenated alkanes) is 1. The van der Waals surface area contributed by atoms with Crippen LogP contribution >= 0.6 is 15.9 Å². The molecule has 2 aromatic carbocycles. The summed E-state index contributed by atoms with van der Waals surface area (Å²) in [5, 5.41) is 13.8. The predicted octanol–water partition coefficient (Wildman–Crippen LogP) is 5.04. The second kappa shape index (κ2) is 16.5. The molecular formula is C39H48BrN3O7.